The number of aliphatic hydroxyl groups is 1. The van der Waals surface area contributed by atoms with Gasteiger partial charge in [-0.25, -0.2) is 15.0 Å². The van der Waals surface area contributed by atoms with Gasteiger partial charge < -0.3 is 10.4 Å². The van der Waals surface area contributed by atoms with E-state index >= 15 is 0 Å². The monoisotopic (exact) mass is 316 g/mol. The van der Waals surface area contributed by atoms with E-state index in [9.17, 15) is 9.90 Å². The summed E-state index contributed by atoms with van der Waals surface area (Å²) >= 11 is 0. The summed E-state index contributed by atoms with van der Waals surface area (Å²) in [6.45, 7) is 1.86. The topological polar surface area (TPSA) is 106 Å². The number of aromatic nitrogens is 5. The third kappa shape index (κ3) is 3.37. The average Bonchev–Trinajstić information content (AvgIpc) is 2.89. The molecule has 2 aromatic rings. The normalized spacial score (nSPS) is 24.4. The van der Waals surface area contributed by atoms with Crippen LogP contribution in [-0.4, -0.2) is 47.9 Å². The molecule has 2 N–H and O–H groups in total. The minimum atomic E-state index is -0.561. The Morgan fingerprint density at radius 3 is 2.74 bits per heavy atom. The maximum atomic E-state index is 12.2. The van der Waals surface area contributed by atoms with Crippen LogP contribution in [0.15, 0.2) is 18.7 Å². The van der Waals surface area contributed by atoms with Crippen LogP contribution < -0.4 is 5.32 Å². The quantitative estimate of drug-likeness (QED) is 0.846. The van der Waals surface area contributed by atoms with Crippen LogP contribution in [0.2, 0.25) is 0 Å². The van der Waals surface area contributed by atoms with Crippen molar-refractivity contribution < 1.29 is 9.90 Å². The minimum Gasteiger partial charge on any atom is -0.391 e. The maximum absolute atomic E-state index is 12.2. The number of hydrogen-bond acceptors (Lipinski definition) is 6. The number of hydrogen-bond donors (Lipinski definition) is 2. The van der Waals surface area contributed by atoms with Crippen LogP contribution in [0.1, 0.15) is 47.2 Å². The lowest BCUT2D eigenvalue weighted by Gasteiger charge is -2.33. The van der Waals surface area contributed by atoms with Crippen molar-refractivity contribution in [1.29, 1.82) is 0 Å². The minimum absolute atomic E-state index is 0.168. The van der Waals surface area contributed by atoms with Gasteiger partial charge >= 0.3 is 0 Å². The fraction of sp³-hybridized carbons (Fsp3) is 0.533. The van der Waals surface area contributed by atoms with Gasteiger partial charge in [0, 0.05) is 25.4 Å². The molecule has 0 bridgehead atoms. The Morgan fingerprint density at radius 1 is 1.35 bits per heavy atom. The molecule has 8 nitrogen and oxygen atoms in total. The van der Waals surface area contributed by atoms with Gasteiger partial charge in [-0.1, -0.05) is 0 Å². The Balaban J connectivity index is 1.71. The molecule has 8 heteroatoms. The van der Waals surface area contributed by atoms with Gasteiger partial charge in [-0.15, -0.1) is 0 Å². The first-order valence-electron chi connectivity index (χ1n) is 7.66. The highest BCUT2D eigenvalue weighted by Gasteiger charge is 2.33. The molecule has 1 aliphatic carbocycles. The Kier molecular flexibility index (Phi) is 4.33. The highest BCUT2D eigenvalue weighted by molar-refractivity contribution is 5.93. The standard InChI is InChI=1S/C15H20N6O2/c1-9-18-14(21(2)20-9)10-3-4-13(22)12(5-10)19-15(23)11-6-16-8-17-7-11/h6-8,10,12-13,22H,3-5H2,1-2H3,(H,19,23)/t10-,12+,13+/m0/s1. The molecule has 0 spiro atoms. The molecular formula is C15H20N6O2. The summed E-state index contributed by atoms with van der Waals surface area (Å²) < 4.78 is 1.78. The van der Waals surface area contributed by atoms with Gasteiger partial charge in [0.1, 0.15) is 18.0 Å². The van der Waals surface area contributed by atoms with Gasteiger partial charge in [0.2, 0.25) is 0 Å². The molecule has 1 saturated carbocycles. The second-order valence-corrected chi connectivity index (χ2v) is 5.93. The van der Waals surface area contributed by atoms with Gasteiger partial charge in [0.05, 0.1) is 17.7 Å². The molecule has 0 saturated heterocycles. The van der Waals surface area contributed by atoms with E-state index in [0.29, 0.717) is 18.4 Å². The number of aryl methyl sites for hydroxylation is 2. The van der Waals surface area contributed by atoms with Crippen LogP contribution in [-0.2, 0) is 7.05 Å². The fourth-order valence-corrected chi connectivity index (χ4v) is 3.10. The van der Waals surface area contributed by atoms with Gasteiger partial charge in [0.15, 0.2) is 0 Å². The molecule has 122 valence electrons. The second-order valence-electron chi connectivity index (χ2n) is 5.93. The van der Waals surface area contributed by atoms with Crippen LogP contribution in [0.25, 0.3) is 0 Å². The lowest BCUT2D eigenvalue weighted by Crippen LogP contribution is -2.47. The number of rotatable bonds is 3. The van der Waals surface area contributed by atoms with Crippen molar-refractivity contribution in [3.63, 3.8) is 0 Å². The SMILES string of the molecule is Cc1nc([C@H]2CC[C@@H](O)[C@H](NC(=O)c3cncnc3)C2)n(C)n1. The molecule has 0 radical (unpaired) electrons. The van der Waals surface area contributed by atoms with E-state index in [4.69, 9.17) is 0 Å². The number of carbonyl (C=O) groups excluding carboxylic acids is 1. The first kappa shape index (κ1) is 15.5. The lowest BCUT2D eigenvalue weighted by atomic mass is 9.83. The number of nitrogens with one attached hydrogen (secondary N) is 1. The van der Waals surface area contributed by atoms with E-state index in [1.807, 2.05) is 14.0 Å². The lowest BCUT2D eigenvalue weighted by molar-refractivity contribution is 0.0668. The molecule has 0 unspecified atom stereocenters. The van der Waals surface area contributed by atoms with E-state index in [2.05, 4.69) is 25.4 Å². The molecule has 0 aliphatic heterocycles. The molecule has 1 fully saturated rings. The van der Waals surface area contributed by atoms with Crippen molar-refractivity contribution >= 4 is 5.91 Å². The zero-order valence-electron chi connectivity index (χ0n) is 13.2. The van der Waals surface area contributed by atoms with Crippen LogP contribution in [0.3, 0.4) is 0 Å². The van der Waals surface area contributed by atoms with Gasteiger partial charge in [0.25, 0.3) is 5.91 Å². The first-order valence-corrected chi connectivity index (χ1v) is 7.66. The molecule has 3 rings (SSSR count). The molecule has 2 aromatic heterocycles. The van der Waals surface area contributed by atoms with E-state index < -0.39 is 6.10 Å². The van der Waals surface area contributed by atoms with Gasteiger partial charge in [-0.05, 0) is 26.2 Å². The molecule has 2 heterocycles. The smallest absolute Gasteiger partial charge is 0.254 e. The van der Waals surface area contributed by atoms with E-state index in [1.54, 1.807) is 4.68 Å². The summed E-state index contributed by atoms with van der Waals surface area (Å²) in [7, 11) is 1.87. The summed E-state index contributed by atoms with van der Waals surface area (Å²) in [5.74, 6) is 1.53. The largest absolute Gasteiger partial charge is 0.391 e. The third-order valence-electron chi connectivity index (χ3n) is 4.22. The average molecular weight is 316 g/mol. The molecule has 1 aliphatic rings. The zero-order chi connectivity index (χ0) is 16.4. The molecule has 23 heavy (non-hydrogen) atoms. The van der Waals surface area contributed by atoms with Crippen molar-refractivity contribution in [3.05, 3.63) is 35.9 Å². The second kappa shape index (κ2) is 6.41. The molecular weight excluding hydrogens is 296 g/mol. The summed E-state index contributed by atoms with van der Waals surface area (Å²) in [6, 6.07) is -0.321. The van der Waals surface area contributed by atoms with Crippen LogP contribution in [0.4, 0.5) is 0 Å². The highest BCUT2D eigenvalue weighted by Crippen LogP contribution is 2.32. The van der Waals surface area contributed by atoms with E-state index in [0.717, 1.165) is 18.1 Å². The van der Waals surface area contributed by atoms with E-state index in [-0.39, 0.29) is 17.9 Å². The summed E-state index contributed by atoms with van der Waals surface area (Å²) in [5.41, 5.74) is 0.385. The van der Waals surface area contributed by atoms with Crippen molar-refractivity contribution in [1.82, 2.24) is 30.0 Å². The van der Waals surface area contributed by atoms with Crippen LogP contribution >= 0.6 is 0 Å². The van der Waals surface area contributed by atoms with Crippen molar-refractivity contribution in [2.75, 3.05) is 0 Å². The fourth-order valence-electron chi connectivity index (χ4n) is 3.10. The summed E-state index contributed by atoms with van der Waals surface area (Å²) in [5, 5.41) is 17.4. The number of aliphatic hydroxyl groups excluding tert-OH is 1. The van der Waals surface area contributed by atoms with Crippen molar-refractivity contribution in [3.8, 4) is 0 Å². The third-order valence-corrected chi connectivity index (χ3v) is 4.22. The van der Waals surface area contributed by atoms with E-state index in [1.165, 1.54) is 18.7 Å². The van der Waals surface area contributed by atoms with Crippen molar-refractivity contribution in [2.45, 2.75) is 44.2 Å². The van der Waals surface area contributed by atoms with Gasteiger partial charge in [-0.3, -0.25) is 9.48 Å². The maximum Gasteiger partial charge on any atom is 0.254 e. The Morgan fingerprint density at radius 2 is 2.09 bits per heavy atom. The van der Waals surface area contributed by atoms with Crippen LogP contribution in [0.5, 0.6) is 0 Å². The van der Waals surface area contributed by atoms with Gasteiger partial charge in [-0.2, -0.15) is 5.10 Å². The Bertz CT molecular complexity index is 687. The number of amides is 1. The molecule has 1 amide bonds. The summed E-state index contributed by atoms with van der Waals surface area (Å²) in [4.78, 5) is 24.4. The first-order chi connectivity index (χ1) is 11.0. The van der Waals surface area contributed by atoms with Crippen LogP contribution in [0, 0.1) is 6.92 Å². The number of carbonyl (C=O) groups is 1. The molecule has 0 aromatic carbocycles. The molecule has 3 atom stereocenters. The Labute approximate surface area is 134 Å². The Hall–Kier alpha value is -2.35. The predicted octanol–water partition coefficient (Wildman–Crippen LogP) is 0.341. The summed E-state index contributed by atoms with van der Waals surface area (Å²) in [6.07, 6.45) is 5.81. The predicted molar refractivity (Wildman–Crippen MR) is 81.6 cm³/mol. The zero-order valence-corrected chi connectivity index (χ0v) is 13.2. The highest BCUT2D eigenvalue weighted by atomic mass is 16.3. The number of nitrogens with zero attached hydrogens (tertiary/aromatic N) is 5. The van der Waals surface area contributed by atoms with Crippen molar-refractivity contribution in [2.24, 2.45) is 7.05 Å².